The molecule has 2 aromatic rings. The van der Waals surface area contributed by atoms with Crippen LogP contribution in [-0.4, -0.2) is 37.0 Å². The van der Waals surface area contributed by atoms with Gasteiger partial charge in [0.05, 0.1) is 19.8 Å². The number of hydrogen-bond acceptors (Lipinski definition) is 5. The smallest absolute Gasteiger partial charge is 0.316 e. The van der Waals surface area contributed by atoms with Crippen LogP contribution >= 0.6 is 20.0 Å². The minimum Gasteiger partial charge on any atom is -0.379 e. The predicted octanol–water partition coefficient (Wildman–Crippen LogP) is 5.21. The SMILES string of the molecule is O=[PH](O)OCCCNCc1cc(F)c(SCCCCC2(c3ccccc3F)COC2)cc1F. The van der Waals surface area contributed by atoms with Gasteiger partial charge in [0.15, 0.2) is 0 Å². The molecule has 0 bridgehead atoms. The molecule has 10 heteroatoms. The molecule has 0 aliphatic carbocycles. The van der Waals surface area contributed by atoms with E-state index in [9.17, 15) is 17.7 Å². The summed E-state index contributed by atoms with van der Waals surface area (Å²) in [5.41, 5.74) is 0.632. The van der Waals surface area contributed by atoms with Gasteiger partial charge in [-0.25, -0.2) is 13.2 Å². The molecular weight excluding hydrogens is 474 g/mol. The van der Waals surface area contributed by atoms with Crippen molar-refractivity contribution in [3.8, 4) is 0 Å². The summed E-state index contributed by atoms with van der Waals surface area (Å²) in [5, 5.41) is 2.96. The van der Waals surface area contributed by atoms with Crippen molar-refractivity contribution in [3.63, 3.8) is 0 Å². The second-order valence-electron chi connectivity index (χ2n) is 8.08. The van der Waals surface area contributed by atoms with Crippen molar-refractivity contribution in [2.24, 2.45) is 0 Å². The summed E-state index contributed by atoms with van der Waals surface area (Å²) in [6.45, 7) is 1.74. The largest absolute Gasteiger partial charge is 0.379 e. The van der Waals surface area contributed by atoms with Crippen molar-refractivity contribution < 1.29 is 31.9 Å². The third-order valence-corrected chi connectivity index (χ3v) is 7.22. The molecule has 1 atom stereocenters. The van der Waals surface area contributed by atoms with Crippen LogP contribution in [-0.2, 0) is 25.8 Å². The molecular formula is C23H29F3NO4PS. The van der Waals surface area contributed by atoms with Crippen LogP contribution in [0.1, 0.15) is 36.8 Å². The van der Waals surface area contributed by atoms with Crippen molar-refractivity contribution >= 4 is 20.0 Å². The van der Waals surface area contributed by atoms with Crippen LogP contribution in [0.5, 0.6) is 0 Å². The van der Waals surface area contributed by atoms with E-state index in [2.05, 4.69) is 9.84 Å². The summed E-state index contributed by atoms with van der Waals surface area (Å²) in [5.74, 6) is -0.516. The van der Waals surface area contributed by atoms with E-state index < -0.39 is 19.9 Å². The summed E-state index contributed by atoms with van der Waals surface area (Å²) in [4.78, 5) is 8.84. The summed E-state index contributed by atoms with van der Waals surface area (Å²) >= 11 is 1.27. The highest BCUT2D eigenvalue weighted by molar-refractivity contribution is 7.99. The van der Waals surface area contributed by atoms with E-state index in [1.165, 1.54) is 30.0 Å². The van der Waals surface area contributed by atoms with E-state index >= 15 is 0 Å². The van der Waals surface area contributed by atoms with Crippen LogP contribution in [0.2, 0.25) is 0 Å². The van der Waals surface area contributed by atoms with E-state index in [1.807, 2.05) is 12.1 Å². The molecule has 1 unspecified atom stereocenters. The molecule has 0 saturated carbocycles. The number of hydrogen-bond donors (Lipinski definition) is 2. The van der Waals surface area contributed by atoms with Gasteiger partial charge in [-0.05, 0) is 55.3 Å². The van der Waals surface area contributed by atoms with Crippen LogP contribution in [0.15, 0.2) is 41.3 Å². The Morgan fingerprint density at radius 3 is 2.58 bits per heavy atom. The highest BCUT2D eigenvalue weighted by atomic mass is 32.2. The molecule has 2 N–H and O–H groups in total. The monoisotopic (exact) mass is 503 g/mol. The molecule has 1 heterocycles. The maximum Gasteiger partial charge on any atom is 0.316 e. The fraction of sp³-hybridized carbons (Fsp3) is 0.478. The first-order valence-electron chi connectivity index (χ1n) is 10.9. The zero-order chi connectivity index (χ0) is 23.7. The van der Waals surface area contributed by atoms with E-state index in [0.29, 0.717) is 37.5 Å². The summed E-state index contributed by atoms with van der Waals surface area (Å²) in [6.07, 6.45) is 2.91. The van der Waals surface area contributed by atoms with Gasteiger partial charge in [0.25, 0.3) is 0 Å². The number of halogens is 3. The van der Waals surface area contributed by atoms with E-state index in [4.69, 9.17) is 9.63 Å². The third kappa shape index (κ3) is 7.57. The van der Waals surface area contributed by atoms with Crippen LogP contribution < -0.4 is 5.32 Å². The molecule has 1 fully saturated rings. The van der Waals surface area contributed by atoms with Gasteiger partial charge in [0.2, 0.25) is 0 Å². The second kappa shape index (κ2) is 12.9. The van der Waals surface area contributed by atoms with E-state index in [1.54, 1.807) is 6.07 Å². The van der Waals surface area contributed by atoms with Crippen LogP contribution in [0, 0.1) is 17.5 Å². The van der Waals surface area contributed by atoms with Crippen LogP contribution in [0.4, 0.5) is 13.2 Å². The fourth-order valence-corrected chi connectivity index (χ4v) is 5.09. The van der Waals surface area contributed by atoms with Gasteiger partial charge in [0.1, 0.15) is 17.5 Å². The molecule has 3 rings (SSSR count). The lowest BCUT2D eigenvalue weighted by atomic mass is 9.74. The minimum atomic E-state index is -2.93. The zero-order valence-electron chi connectivity index (χ0n) is 18.2. The Morgan fingerprint density at radius 2 is 1.88 bits per heavy atom. The molecule has 1 aliphatic rings. The lowest BCUT2D eigenvalue weighted by Gasteiger charge is -2.42. The first-order valence-corrected chi connectivity index (χ1v) is 13.2. The maximum atomic E-state index is 14.4. The van der Waals surface area contributed by atoms with Crippen LogP contribution in [0.25, 0.3) is 0 Å². The molecule has 5 nitrogen and oxygen atoms in total. The molecule has 1 saturated heterocycles. The summed E-state index contributed by atoms with van der Waals surface area (Å²) < 4.78 is 63.4. The molecule has 0 radical (unpaired) electrons. The van der Waals surface area contributed by atoms with Gasteiger partial charge in [-0.2, -0.15) is 0 Å². The number of benzene rings is 2. The normalized spacial score (nSPS) is 15.9. The Hall–Kier alpha value is -1.35. The average molecular weight is 504 g/mol. The molecule has 0 amide bonds. The number of rotatable bonds is 14. The molecule has 2 aromatic carbocycles. The van der Waals surface area contributed by atoms with Gasteiger partial charge in [0, 0.05) is 22.4 Å². The average Bonchev–Trinajstić information content (AvgIpc) is 2.75. The molecule has 0 spiro atoms. The van der Waals surface area contributed by atoms with Crippen molar-refractivity contribution in [2.75, 3.05) is 32.1 Å². The molecule has 1 aliphatic heterocycles. The Morgan fingerprint density at radius 1 is 1.09 bits per heavy atom. The van der Waals surface area contributed by atoms with E-state index in [-0.39, 0.29) is 34.8 Å². The molecule has 182 valence electrons. The van der Waals surface area contributed by atoms with Crippen LogP contribution in [0.3, 0.4) is 0 Å². The van der Waals surface area contributed by atoms with Gasteiger partial charge in [-0.15, -0.1) is 11.8 Å². The fourth-order valence-electron chi connectivity index (χ4n) is 3.82. The minimum absolute atomic E-state index is 0.127. The van der Waals surface area contributed by atoms with Gasteiger partial charge >= 0.3 is 8.25 Å². The lowest BCUT2D eigenvalue weighted by molar-refractivity contribution is -0.0668. The lowest BCUT2D eigenvalue weighted by Crippen LogP contribution is -2.47. The van der Waals surface area contributed by atoms with Gasteiger partial charge in [-0.1, -0.05) is 24.6 Å². The number of thioether (sulfide) groups is 1. The molecule has 0 aromatic heterocycles. The number of unbranched alkanes of at least 4 members (excludes halogenated alkanes) is 1. The van der Waals surface area contributed by atoms with Crippen molar-refractivity contribution in [1.29, 1.82) is 0 Å². The highest BCUT2D eigenvalue weighted by Gasteiger charge is 2.41. The first kappa shape index (κ1) is 26.3. The second-order valence-corrected chi connectivity index (χ2v) is 10.0. The van der Waals surface area contributed by atoms with Crippen molar-refractivity contribution in [1.82, 2.24) is 5.32 Å². The Labute approximate surface area is 197 Å². The topological polar surface area (TPSA) is 67.8 Å². The first-order chi connectivity index (χ1) is 15.9. The zero-order valence-corrected chi connectivity index (χ0v) is 20.1. The van der Waals surface area contributed by atoms with Gasteiger partial charge < -0.3 is 19.5 Å². The van der Waals surface area contributed by atoms with Crippen molar-refractivity contribution in [3.05, 3.63) is 65.0 Å². The Balaban J connectivity index is 1.41. The van der Waals surface area contributed by atoms with E-state index in [0.717, 1.165) is 19.3 Å². The van der Waals surface area contributed by atoms with Gasteiger partial charge in [-0.3, -0.25) is 4.57 Å². The predicted molar refractivity (Wildman–Crippen MR) is 123 cm³/mol. The standard InChI is InChI=1S/C23H29F3NO4PS/c24-19-7-2-1-6-18(19)23(15-30-16-23)8-3-4-11-33-22-13-20(25)17(12-21(22)26)14-27-9-5-10-31-32(28)29/h1-2,6-7,12-13,27,32H,3-5,8-11,14-16H2,(H,28,29). The maximum absolute atomic E-state index is 14.4. The summed E-state index contributed by atoms with van der Waals surface area (Å²) in [6, 6.07) is 9.22. The third-order valence-electron chi connectivity index (χ3n) is 5.65. The quantitative estimate of drug-likeness (QED) is 0.210. The highest BCUT2D eigenvalue weighted by Crippen LogP contribution is 2.39. The number of nitrogens with one attached hydrogen (secondary N) is 1. The molecule has 33 heavy (non-hydrogen) atoms. The Bertz CT molecular complexity index is 946. The Kier molecular flexibility index (Phi) is 10.3. The van der Waals surface area contributed by atoms with Crippen molar-refractivity contribution in [2.45, 2.75) is 42.5 Å². The summed E-state index contributed by atoms with van der Waals surface area (Å²) in [7, 11) is -2.93. The number of ether oxygens (including phenoxy) is 1.